The molecule has 1 unspecified atom stereocenters. The molecule has 0 spiro atoms. The van der Waals surface area contributed by atoms with E-state index in [4.69, 9.17) is 10.5 Å². The highest BCUT2D eigenvalue weighted by Crippen LogP contribution is 2.31. The van der Waals surface area contributed by atoms with Crippen molar-refractivity contribution in [2.24, 2.45) is 5.73 Å². The van der Waals surface area contributed by atoms with Gasteiger partial charge >= 0.3 is 5.97 Å². The van der Waals surface area contributed by atoms with Gasteiger partial charge in [-0.25, -0.2) is 0 Å². The summed E-state index contributed by atoms with van der Waals surface area (Å²) in [5.74, 6) is -0.261. The zero-order valence-electron chi connectivity index (χ0n) is 8.66. The van der Waals surface area contributed by atoms with Crippen LogP contribution in [0, 0.1) is 0 Å². The normalized spacial score (nSPS) is 34.1. The first-order valence-corrected chi connectivity index (χ1v) is 5.27. The van der Waals surface area contributed by atoms with E-state index in [1.54, 1.807) is 0 Å². The third-order valence-electron chi connectivity index (χ3n) is 3.21. The fourth-order valence-corrected chi connectivity index (χ4v) is 2.24. The number of piperidine rings is 1. The summed E-state index contributed by atoms with van der Waals surface area (Å²) >= 11 is 0. The lowest BCUT2D eigenvalue weighted by molar-refractivity contribution is -0.149. The number of likely N-dealkylation sites (tertiary alicyclic amines) is 1. The third kappa shape index (κ3) is 1.77. The van der Waals surface area contributed by atoms with Crippen molar-refractivity contribution in [3.05, 3.63) is 0 Å². The number of methoxy groups -OCH3 is 1. The molecule has 0 aromatic rings. The SMILES string of the molecule is COC(=O)C1(N)CCCN(C2CC2)C1. The number of nitrogens with zero attached hydrogens (tertiary/aromatic N) is 1. The minimum absolute atomic E-state index is 0.261. The van der Waals surface area contributed by atoms with Gasteiger partial charge in [0.25, 0.3) is 0 Å². The number of esters is 1. The van der Waals surface area contributed by atoms with Gasteiger partial charge in [-0.1, -0.05) is 0 Å². The van der Waals surface area contributed by atoms with Crippen molar-refractivity contribution in [1.29, 1.82) is 0 Å². The van der Waals surface area contributed by atoms with Gasteiger partial charge in [-0.3, -0.25) is 9.69 Å². The highest BCUT2D eigenvalue weighted by atomic mass is 16.5. The summed E-state index contributed by atoms with van der Waals surface area (Å²) in [7, 11) is 1.41. The van der Waals surface area contributed by atoms with Crippen molar-refractivity contribution in [2.45, 2.75) is 37.3 Å². The van der Waals surface area contributed by atoms with E-state index in [0.717, 1.165) is 19.4 Å². The van der Waals surface area contributed by atoms with E-state index in [0.29, 0.717) is 12.6 Å². The zero-order chi connectivity index (χ0) is 10.2. The second kappa shape index (κ2) is 3.51. The van der Waals surface area contributed by atoms with Crippen molar-refractivity contribution in [3.8, 4) is 0 Å². The lowest BCUT2D eigenvalue weighted by Crippen LogP contribution is -2.60. The monoisotopic (exact) mass is 198 g/mol. The van der Waals surface area contributed by atoms with E-state index in [1.807, 2.05) is 0 Å². The molecule has 2 rings (SSSR count). The van der Waals surface area contributed by atoms with Crippen LogP contribution in [0.5, 0.6) is 0 Å². The Kier molecular flexibility index (Phi) is 2.49. The Balaban J connectivity index is 2.00. The second-order valence-corrected chi connectivity index (χ2v) is 4.45. The van der Waals surface area contributed by atoms with Crippen LogP contribution in [0.1, 0.15) is 25.7 Å². The standard InChI is InChI=1S/C10H18N2O2/c1-14-9(13)10(11)5-2-6-12(7-10)8-3-4-8/h8H,2-7,11H2,1H3. The molecule has 1 heterocycles. The Morgan fingerprint density at radius 1 is 1.57 bits per heavy atom. The number of hydrogen-bond donors (Lipinski definition) is 1. The fraction of sp³-hybridized carbons (Fsp3) is 0.900. The van der Waals surface area contributed by atoms with Crippen LogP contribution in [0.25, 0.3) is 0 Å². The maximum absolute atomic E-state index is 11.5. The largest absolute Gasteiger partial charge is 0.468 e. The molecule has 1 atom stereocenters. The van der Waals surface area contributed by atoms with Gasteiger partial charge in [-0.15, -0.1) is 0 Å². The Morgan fingerprint density at radius 2 is 2.29 bits per heavy atom. The van der Waals surface area contributed by atoms with Crippen LogP contribution in [0.15, 0.2) is 0 Å². The maximum atomic E-state index is 11.5. The predicted molar refractivity (Wildman–Crippen MR) is 52.8 cm³/mol. The molecule has 1 aliphatic heterocycles. The Hall–Kier alpha value is -0.610. The van der Waals surface area contributed by atoms with E-state index >= 15 is 0 Å². The molecule has 0 aromatic heterocycles. The summed E-state index contributed by atoms with van der Waals surface area (Å²) in [6, 6.07) is 0.683. The number of nitrogens with two attached hydrogens (primary N) is 1. The third-order valence-corrected chi connectivity index (χ3v) is 3.21. The predicted octanol–water partition coefficient (Wildman–Crippen LogP) is 0.115. The van der Waals surface area contributed by atoms with Crippen molar-refractivity contribution >= 4 is 5.97 Å². The van der Waals surface area contributed by atoms with Crippen molar-refractivity contribution in [3.63, 3.8) is 0 Å². The quantitative estimate of drug-likeness (QED) is 0.640. The average molecular weight is 198 g/mol. The molecule has 4 nitrogen and oxygen atoms in total. The van der Waals surface area contributed by atoms with Crippen molar-refractivity contribution in [2.75, 3.05) is 20.2 Å². The molecule has 0 amide bonds. The molecule has 2 fully saturated rings. The van der Waals surface area contributed by atoms with Gasteiger partial charge in [0.2, 0.25) is 0 Å². The van der Waals surface area contributed by atoms with Crippen LogP contribution in [0.3, 0.4) is 0 Å². The van der Waals surface area contributed by atoms with Crippen molar-refractivity contribution in [1.82, 2.24) is 4.90 Å². The molecule has 1 saturated carbocycles. The molecular weight excluding hydrogens is 180 g/mol. The summed E-state index contributed by atoms with van der Waals surface area (Å²) in [4.78, 5) is 13.8. The molecule has 4 heteroatoms. The molecule has 14 heavy (non-hydrogen) atoms. The summed E-state index contributed by atoms with van der Waals surface area (Å²) in [5, 5.41) is 0. The van der Waals surface area contributed by atoms with Gasteiger partial charge in [0, 0.05) is 12.6 Å². The van der Waals surface area contributed by atoms with Crippen LogP contribution in [-0.2, 0) is 9.53 Å². The highest BCUT2D eigenvalue weighted by molar-refractivity contribution is 5.80. The number of hydrogen-bond acceptors (Lipinski definition) is 4. The van der Waals surface area contributed by atoms with E-state index < -0.39 is 5.54 Å². The van der Waals surface area contributed by atoms with E-state index in [2.05, 4.69) is 4.90 Å². The number of carbonyl (C=O) groups is 1. The first-order valence-electron chi connectivity index (χ1n) is 5.27. The maximum Gasteiger partial charge on any atom is 0.327 e. The molecule has 1 saturated heterocycles. The lowest BCUT2D eigenvalue weighted by Gasteiger charge is -2.38. The smallest absolute Gasteiger partial charge is 0.327 e. The number of rotatable bonds is 2. The van der Waals surface area contributed by atoms with E-state index in [9.17, 15) is 4.79 Å². The minimum atomic E-state index is -0.754. The molecule has 2 N–H and O–H groups in total. The van der Waals surface area contributed by atoms with Gasteiger partial charge in [0.1, 0.15) is 5.54 Å². The van der Waals surface area contributed by atoms with Crippen LogP contribution >= 0.6 is 0 Å². The lowest BCUT2D eigenvalue weighted by atomic mass is 9.90. The van der Waals surface area contributed by atoms with Gasteiger partial charge in [0.05, 0.1) is 7.11 Å². The van der Waals surface area contributed by atoms with Gasteiger partial charge < -0.3 is 10.5 Å². The number of ether oxygens (including phenoxy) is 1. The minimum Gasteiger partial charge on any atom is -0.468 e. The van der Waals surface area contributed by atoms with Gasteiger partial charge in [0.15, 0.2) is 0 Å². The molecule has 2 aliphatic rings. The second-order valence-electron chi connectivity index (χ2n) is 4.45. The summed E-state index contributed by atoms with van der Waals surface area (Å²) < 4.78 is 4.75. The van der Waals surface area contributed by atoms with E-state index in [1.165, 1.54) is 20.0 Å². The van der Waals surface area contributed by atoms with E-state index in [-0.39, 0.29) is 5.97 Å². The van der Waals surface area contributed by atoms with Crippen LogP contribution < -0.4 is 5.73 Å². The van der Waals surface area contributed by atoms with Crippen molar-refractivity contribution < 1.29 is 9.53 Å². The molecule has 0 radical (unpaired) electrons. The van der Waals surface area contributed by atoms with Gasteiger partial charge in [-0.05, 0) is 32.2 Å². The topological polar surface area (TPSA) is 55.6 Å². The molecule has 1 aliphatic carbocycles. The first-order chi connectivity index (χ1) is 6.65. The first kappa shape index (κ1) is 9.93. The van der Waals surface area contributed by atoms with Crippen LogP contribution in [0.2, 0.25) is 0 Å². The number of carbonyl (C=O) groups excluding carboxylic acids is 1. The van der Waals surface area contributed by atoms with Crippen LogP contribution in [-0.4, -0.2) is 42.6 Å². The Bertz CT molecular complexity index is 240. The molecule has 80 valence electrons. The highest BCUT2D eigenvalue weighted by Gasteiger charge is 2.43. The molecule has 0 aromatic carbocycles. The van der Waals surface area contributed by atoms with Gasteiger partial charge in [-0.2, -0.15) is 0 Å². The zero-order valence-corrected chi connectivity index (χ0v) is 8.66. The Labute approximate surface area is 84.4 Å². The summed E-state index contributed by atoms with van der Waals surface area (Å²) in [5.41, 5.74) is 5.30. The Morgan fingerprint density at radius 3 is 2.86 bits per heavy atom. The molecular formula is C10H18N2O2. The summed E-state index contributed by atoms with van der Waals surface area (Å²) in [6.45, 7) is 1.75. The average Bonchev–Trinajstić information content (AvgIpc) is 3.00. The summed E-state index contributed by atoms with van der Waals surface area (Å²) in [6.07, 6.45) is 4.28. The molecule has 0 bridgehead atoms. The fourth-order valence-electron chi connectivity index (χ4n) is 2.24. The van der Waals surface area contributed by atoms with Crippen LogP contribution in [0.4, 0.5) is 0 Å².